The Bertz CT molecular complexity index is 768. The van der Waals surface area contributed by atoms with Crippen molar-refractivity contribution in [2.45, 2.75) is 19.1 Å². The molecule has 2 aromatic rings. The number of carboxylic acids is 1. The Kier molecular flexibility index (Phi) is 4.90. The first-order valence-electron chi connectivity index (χ1n) is 7.74. The van der Waals surface area contributed by atoms with Gasteiger partial charge in [-0.1, -0.05) is 6.07 Å². The van der Waals surface area contributed by atoms with Gasteiger partial charge in [0.2, 0.25) is 5.88 Å². The van der Waals surface area contributed by atoms with E-state index in [1.807, 2.05) is 0 Å². The zero-order valence-electron chi connectivity index (χ0n) is 13.5. The third-order valence-electron chi connectivity index (χ3n) is 3.67. The smallest absolute Gasteiger partial charge is 0.334 e. The van der Waals surface area contributed by atoms with Crippen molar-refractivity contribution in [3.05, 3.63) is 48.4 Å². The van der Waals surface area contributed by atoms with E-state index in [4.69, 9.17) is 14.6 Å². The van der Waals surface area contributed by atoms with E-state index in [-0.39, 0.29) is 18.6 Å². The van der Waals surface area contributed by atoms with Crippen LogP contribution in [0, 0.1) is 0 Å². The first kappa shape index (κ1) is 16.8. The molecule has 1 N–H and O–H groups in total. The predicted molar refractivity (Wildman–Crippen MR) is 86.4 cm³/mol. The summed E-state index contributed by atoms with van der Waals surface area (Å²) in [6.45, 7) is 2.08. The third-order valence-corrected chi connectivity index (χ3v) is 3.67. The standard InChI is InChI=1S/C17H17N3O5/c1-11-9-20(10-14(24-11)17(22)23)16(21)12-3-2-4-13(7-12)25-15-8-18-5-6-19-15/h2-8,11,14H,9-10H2,1H3,(H,22,23)/t11-,14?/m1/s1. The van der Waals surface area contributed by atoms with Gasteiger partial charge in [0.15, 0.2) is 6.10 Å². The largest absolute Gasteiger partial charge is 0.479 e. The minimum atomic E-state index is -1.08. The fraction of sp³-hybridized carbons (Fsp3) is 0.294. The second kappa shape index (κ2) is 7.27. The molecule has 1 fully saturated rings. The molecular weight excluding hydrogens is 326 g/mol. The number of carboxylic acid groups (broad SMARTS) is 1. The quantitative estimate of drug-likeness (QED) is 0.899. The molecule has 0 radical (unpaired) electrons. The van der Waals surface area contributed by atoms with E-state index in [2.05, 4.69) is 9.97 Å². The molecule has 1 aromatic heterocycles. The van der Waals surface area contributed by atoms with Gasteiger partial charge in [0.1, 0.15) is 5.75 Å². The van der Waals surface area contributed by atoms with Crippen molar-refractivity contribution < 1.29 is 24.2 Å². The van der Waals surface area contributed by atoms with Gasteiger partial charge in [0.25, 0.3) is 5.91 Å². The van der Waals surface area contributed by atoms with E-state index in [1.54, 1.807) is 31.2 Å². The summed E-state index contributed by atoms with van der Waals surface area (Å²) in [5.41, 5.74) is 0.402. The van der Waals surface area contributed by atoms with Crippen LogP contribution in [-0.4, -0.2) is 57.1 Å². The van der Waals surface area contributed by atoms with Gasteiger partial charge in [-0.15, -0.1) is 0 Å². The van der Waals surface area contributed by atoms with E-state index < -0.39 is 12.1 Å². The van der Waals surface area contributed by atoms with Crippen LogP contribution in [0.15, 0.2) is 42.9 Å². The summed E-state index contributed by atoms with van der Waals surface area (Å²) in [7, 11) is 0. The summed E-state index contributed by atoms with van der Waals surface area (Å²) in [5.74, 6) is -0.587. The molecule has 2 heterocycles. The lowest BCUT2D eigenvalue weighted by atomic mass is 10.1. The number of aromatic nitrogens is 2. The highest BCUT2D eigenvalue weighted by Crippen LogP contribution is 2.21. The number of nitrogens with zero attached hydrogens (tertiary/aromatic N) is 3. The summed E-state index contributed by atoms with van der Waals surface area (Å²) in [4.78, 5) is 33.3. The Balaban J connectivity index is 1.76. The zero-order chi connectivity index (χ0) is 17.8. The molecule has 0 aliphatic carbocycles. The van der Waals surface area contributed by atoms with Crippen LogP contribution in [0.25, 0.3) is 0 Å². The van der Waals surface area contributed by atoms with Gasteiger partial charge in [-0.3, -0.25) is 9.78 Å². The zero-order valence-corrected chi connectivity index (χ0v) is 13.5. The van der Waals surface area contributed by atoms with E-state index >= 15 is 0 Å². The Hall–Kier alpha value is -3.00. The summed E-state index contributed by atoms with van der Waals surface area (Å²) < 4.78 is 10.9. The van der Waals surface area contributed by atoms with Gasteiger partial charge in [-0.05, 0) is 25.1 Å². The fourth-order valence-electron chi connectivity index (χ4n) is 2.59. The van der Waals surface area contributed by atoms with Crippen molar-refractivity contribution >= 4 is 11.9 Å². The van der Waals surface area contributed by atoms with E-state index in [0.29, 0.717) is 23.7 Å². The predicted octanol–water partition coefficient (Wildman–Crippen LogP) is 1.58. The second-order valence-electron chi connectivity index (χ2n) is 5.66. The Morgan fingerprint density at radius 1 is 1.32 bits per heavy atom. The van der Waals surface area contributed by atoms with E-state index in [1.165, 1.54) is 23.5 Å². The van der Waals surface area contributed by atoms with E-state index in [9.17, 15) is 9.59 Å². The van der Waals surface area contributed by atoms with Crippen LogP contribution in [0.1, 0.15) is 17.3 Å². The highest BCUT2D eigenvalue weighted by molar-refractivity contribution is 5.95. The highest BCUT2D eigenvalue weighted by atomic mass is 16.5. The maximum Gasteiger partial charge on any atom is 0.334 e. The van der Waals surface area contributed by atoms with Gasteiger partial charge < -0.3 is 19.5 Å². The molecule has 1 aliphatic rings. The number of aliphatic carboxylic acids is 1. The maximum absolute atomic E-state index is 12.7. The topological polar surface area (TPSA) is 102 Å². The van der Waals surface area contributed by atoms with Crippen LogP contribution in [-0.2, 0) is 9.53 Å². The van der Waals surface area contributed by atoms with Crippen molar-refractivity contribution in [3.63, 3.8) is 0 Å². The number of hydrogen-bond acceptors (Lipinski definition) is 6. The maximum atomic E-state index is 12.7. The molecule has 8 heteroatoms. The van der Waals surface area contributed by atoms with Crippen molar-refractivity contribution in [2.24, 2.45) is 0 Å². The van der Waals surface area contributed by atoms with Crippen LogP contribution in [0.5, 0.6) is 11.6 Å². The monoisotopic (exact) mass is 343 g/mol. The summed E-state index contributed by atoms with van der Waals surface area (Å²) >= 11 is 0. The molecule has 0 bridgehead atoms. The average Bonchev–Trinajstić information content (AvgIpc) is 2.61. The molecule has 0 saturated carbocycles. The molecular formula is C17H17N3O5. The van der Waals surface area contributed by atoms with Crippen LogP contribution in [0.2, 0.25) is 0 Å². The normalized spacial score (nSPS) is 20.1. The number of rotatable bonds is 4. The minimum Gasteiger partial charge on any atom is -0.479 e. The molecule has 130 valence electrons. The SMILES string of the molecule is C[C@@H]1CN(C(=O)c2cccc(Oc3cnccn3)c2)CC(C(=O)O)O1. The number of carbonyl (C=O) groups is 2. The van der Waals surface area contributed by atoms with Gasteiger partial charge in [0.05, 0.1) is 18.8 Å². The summed E-state index contributed by atoms with van der Waals surface area (Å²) in [6, 6.07) is 6.64. The molecule has 1 unspecified atom stereocenters. The van der Waals surface area contributed by atoms with Crippen LogP contribution < -0.4 is 4.74 Å². The second-order valence-corrected chi connectivity index (χ2v) is 5.66. The lowest BCUT2D eigenvalue weighted by Gasteiger charge is -2.35. The van der Waals surface area contributed by atoms with Gasteiger partial charge in [-0.2, -0.15) is 0 Å². The Morgan fingerprint density at radius 3 is 2.88 bits per heavy atom. The van der Waals surface area contributed by atoms with Crippen molar-refractivity contribution in [1.82, 2.24) is 14.9 Å². The van der Waals surface area contributed by atoms with Crippen LogP contribution in [0.4, 0.5) is 0 Å². The van der Waals surface area contributed by atoms with Crippen LogP contribution >= 0.6 is 0 Å². The average molecular weight is 343 g/mol. The number of ether oxygens (including phenoxy) is 2. The van der Waals surface area contributed by atoms with Crippen molar-refractivity contribution in [1.29, 1.82) is 0 Å². The first-order chi connectivity index (χ1) is 12.0. The lowest BCUT2D eigenvalue weighted by Crippen LogP contribution is -2.51. The summed E-state index contributed by atoms with van der Waals surface area (Å²) in [5, 5.41) is 9.14. The fourth-order valence-corrected chi connectivity index (χ4v) is 2.59. The lowest BCUT2D eigenvalue weighted by molar-refractivity contribution is -0.160. The Morgan fingerprint density at radius 2 is 2.16 bits per heavy atom. The molecule has 2 atom stereocenters. The van der Waals surface area contributed by atoms with Crippen molar-refractivity contribution in [2.75, 3.05) is 13.1 Å². The molecule has 1 aliphatic heterocycles. The molecule has 1 aromatic carbocycles. The number of hydrogen-bond donors (Lipinski definition) is 1. The van der Waals surface area contributed by atoms with E-state index in [0.717, 1.165) is 0 Å². The molecule has 0 spiro atoms. The van der Waals surface area contributed by atoms with Crippen molar-refractivity contribution in [3.8, 4) is 11.6 Å². The molecule has 1 amide bonds. The summed E-state index contributed by atoms with van der Waals surface area (Å²) in [6.07, 6.45) is 3.14. The van der Waals surface area contributed by atoms with Crippen LogP contribution in [0.3, 0.4) is 0 Å². The third kappa shape index (κ3) is 4.10. The highest BCUT2D eigenvalue weighted by Gasteiger charge is 2.33. The molecule has 3 rings (SSSR count). The minimum absolute atomic E-state index is 0.00769. The molecule has 8 nitrogen and oxygen atoms in total. The Labute approximate surface area is 144 Å². The number of morpholine rings is 1. The molecule has 25 heavy (non-hydrogen) atoms. The van der Waals surface area contributed by atoms with Gasteiger partial charge >= 0.3 is 5.97 Å². The van der Waals surface area contributed by atoms with Gasteiger partial charge in [-0.25, -0.2) is 9.78 Å². The number of amides is 1. The first-order valence-corrected chi connectivity index (χ1v) is 7.74. The number of carbonyl (C=O) groups excluding carboxylic acids is 1. The molecule has 1 saturated heterocycles. The number of benzene rings is 1. The van der Waals surface area contributed by atoms with Gasteiger partial charge in [0, 0.05) is 24.5 Å².